The molecule has 0 bridgehead atoms. The van der Waals surface area contributed by atoms with Crippen LogP contribution in [0.1, 0.15) is 38.7 Å². The lowest BCUT2D eigenvalue weighted by Crippen LogP contribution is -2.29. The predicted molar refractivity (Wildman–Crippen MR) is 167 cm³/mol. The van der Waals surface area contributed by atoms with Crippen molar-refractivity contribution < 1.29 is 28.6 Å². The van der Waals surface area contributed by atoms with Gasteiger partial charge in [-0.05, 0) is 52.6 Å². The van der Waals surface area contributed by atoms with Gasteiger partial charge in [-0.1, -0.05) is 89.8 Å². The average molecular weight is 626 g/mol. The van der Waals surface area contributed by atoms with E-state index in [4.69, 9.17) is 4.74 Å². The van der Waals surface area contributed by atoms with E-state index < -0.39 is 35.3 Å². The van der Waals surface area contributed by atoms with Gasteiger partial charge < -0.3 is 9.84 Å². The van der Waals surface area contributed by atoms with E-state index in [-0.39, 0.29) is 21.8 Å². The predicted octanol–water partition coefficient (Wildman–Crippen LogP) is 6.84. The number of anilines is 1. The molecule has 0 aliphatic carbocycles. The Morgan fingerprint density at radius 3 is 2.48 bits per heavy atom. The summed E-state index contributed by atoms with van der Waals surface area (Å²) in [5.41, 5.74) is 1.97. The Morgan fingerprint density at radius 2 is 1.73 bits per heavy atom. The number of aryl methyl sites for hydroxylation is 1. The van der Waals surface area contributed by atoms with Crippen molar-refractivity contribution in [1.29, 1.82) is 0 Å². The summed E-state index contributed by atoms with van der Waals surface area (Å²) in [7, 11) is 1.26. The molecule has 8 nitrogen and oxygen atoms in total. The first-order chi connectivity index (χ1) is 21.3. The van der Waals surface area contributed by atoms with Gasteiger partial charge in [-0.25, -0.2) is 9.18 Å². The SMILES string of the molecule is COC(=O)c1ccc(C2/C(=C(/O)c3ccc(C)c(F)c3)C(=O)C(=O)N2c2nnc(SCc3cccc4ccccc34)s2)cc1. The highest BCUT2D eigenvalue weighted by molar-refractivity contribution is 8.00. The zero-order chi connectivity index (χ0) is 31.0. The number of amides is 1. The van der Waals surface area contributed by atoms with Gasteiger partial charge in [0.2, 0.25) is 5.13 Å². The van der Waals surface area contributed by atoms with Crippen molar-refractivity contribution in [3.05, 3.63) is 124 Å². The van der Waals surface area contributed by atoms with Gasteiger partial charge in [0.1, 0.15) is 11.6 Å². The van der Waals surface area contributed by atoms with Gasteiger partial charge in [-0.2, -0.15) is 0 Å². The zero-order valence-corrected chi connectivity index (χ0v) is 25.1. The van der Waals surface area contributed by atoms with Crippen LogP contribution in [0.5, 0.6) is 0 Å². The third-order valence-corrected chi connectivity index (χ3v) is 9.47. The summed E-state index contributed by atoms with van der Waals surface area (Å²) in [4.78, 5) is 40.2. The molecule has 5 aromatic rings. The Balaban J connectivity index is 1.39. The number of carbonyl (C=O) groups is 3. The van der Waals surface area contributed by atoms with Crippen LogP contribution in [0.4, 0.5) is 9.52 Å². The molecule has 2 heterocycles. The Hall–Kier alpha value is -4.87. The first-order valence-electron chi connectivity index (χ1n) is 13.5. The van der Waals surface area contributed by atoms with Crippen molar-refractivity contribution in [3.8, 4) is 0 Å². The molecule has 1 aliphatic heterocycles. The first-order valence-corrected chi connectivity index (χ1v) is 15.3. The zero-order valence-electron chi connectivity index (χ0n) is 23.5. The van der Waals surface area contributed by atoms with E-state index in [1.807, 2.05) is 36.4 Å². The topological polar surface area (TPSA) is 110 Å². The first kappa shape index (κ1) is 29.2. The fraction of sp³-hybridized carbons (Fsp3) is 0.121. The van der Waals surface area contributed by atoms with Gasteiger partial charge in [-0.15, -0.1) is 10.2 Å². The van der Waals surface area contributed by atoms with Crippen LogP contribution < -0.4 is 4.90 Å². The lowest BCUT2D eigenvalue weighted by molar-refractivity contribution is -0.132. The number of aliphatic hydroxyl groups is 1. The molecule has 0 spiro atoms. The van der Waals surface area contributed by atoms with Crippen LogP contribution in [0.3, 0.4) is 0 Å². The lowest BCUT2D eigenvalue weighted by atomic mass is 9.94. The third-order valence-electron chi connectivity index (χ3n) is 7.37. The van der Waals surface area contributed by atoms with Crippen molar-refractivity contribution in [3.63, 3.8) is 0 Å². The molecule has 1 atom stereocenters. The number of fused-ring (bicyclic) bond motifs is 1. The molecule has 4 aromatic carbocycles. The summed E-state index contributed by atoms with van der Waals surface area (Å²) in [5.74, 6) is -2.92. The smallest absolute Gasteiger partial charge is 0.337 e. The Morgan fingerprint density at radius 1 is 1.00 bits per heavy atom. The Bertz CT molecular complexity index is 1970. The van der Waals surface area contributed by atoms with E-state index in [1.165, 1.54) is 48.0 Å². The minimum absolute atomic E-state index is 0.0471. The lowest BCUT2D eigenvalue weighted by Gasteiger charge is -2.22. The number of hydrogen-bond acceptors (Lipinski definition) is 9. The number of ether oxygens (including phenoxy) is 1. The number of aromatic nitrogens is 2. The number of nitrogens with zero attached hydrogens (tertiary/aromatic N) is 3. The van der Waals surface area contributed by atoms with E-state index in [0.29, 0.717) is 21.2 Å². The van der Waals surface area contributed by atoms with Crippen LogP contribution in [0.25, 0.3) is 16.5 Å². The fourth-order valence-electron chi connectivity index (χ4n) is 5.08. The van der Waals surface area contributed by atoms with Gasteiger partial charge in [0.05, 0.1) is 24.3 Å². The number of thioether (sulfide) groups is 1. The number of carbonyl (C=O) groups excluding carboxylic acids is 3. The van der Waals surface area contributed by atoms with Crippen LogP contribution >= 0.6 is 23.1 Å². The molecule has 1 unspecified atom stereocenters. The summed E-state index contributed by atoms with van der Waals surface area (Å²) in [6, 6.07) is 23.2. The molecule has 0 radical (unpaired) electrons. The molecule has 0 saturated carbocycles. The Kier molecular flexibility index (Phi) is 7.98. The normalized spacial score (nSPS) is 16.1. The quantitative estimate of drug-likeness (QED) is 0.0523. The monoisotopic (exact) mass is 625 g/mol. The second kappa shape index (κ2) is 12.0. The highest BCUT2D eigenvalue weighted by atomic mass is 32.2. The van der Waals surface area contributed by atoms with Gasteiger partial charge >= 0.3 is 11.9 Å². The number of Topliss-reactive ketones (excluding diaryl/α,β-unsaturated/α-hetero) is 1. The minimum atomic E-state index is -1.12. The van der Waals surface area contributed by atoms with Gasteiger partial charge in [-0.3, -0.25) is 14.5 Å². The van der Waals surface area contributed by atoms with Crippen LogP contribution in [0, 0.1) is 12.7 Å². The molecule has 1 aliphatic rings. The number of ketones is 1. The van der Waals surface area contributed by atoms with Crippen molar-refractivity contribution in [2.24, 2.45) is 0 Å². The molecule has 1 amide bonds. The molecular weight excluding hydrogens is 602 g/mol. The average Bonchev–Trinajstić information content (AvgIpc) is 3.62. The summed E-state index contributed by atoms with van der Waals surface area (Å²) in [6.07, 6.45) is 0. The highest BCUT2D eigenvalue weighted by Gasteiger charge is 2.48. The highest BCUT2D eigenvalue weighted by Crippen LogP contribution is 2.44. The van der Waals surface area contributed by atoms with Crippen LogP contribution in [-0.4, -0.2) is 40.1 Å². The summed E-state index contributed by atoms with van der Waals surface area (Å²) >= 11 is 2.59. The van der Waals surface area contributed by atoms with Crippen LogP contribution in [0.2, 0.25) is 0 Å². The van der Waals surface area contributed by atoms with E-state index in [2.05, 4.69) is 16.3 Å². The van der Waals surface area contributed by atoms with E-state index in [9.17, 15) is 23.9 Å². The Labute approximate surface area is 259 Å². The van der Waals surface area contributed by atoms with Crippen molar-refractivity contribution in [1.82, 2.24) is 10.2 Å². The number of hydrogen-bond donors (Lipinski definition) is 1. The summed E-state index contributed by atoms with van der Waals surface area (Å²) < 4.78 is 19.8. The molecule has 1 aromatic heterocycles. The van der Waals surface area contributed by atoms with E-state index in [0.717, 1.165) is 33.7 Å². The van der Waals surface area contributed by atoms with Gasteiger partial charge in [0.25, 0.3) is 5.78 Å². The van der Waals surface area contributed by atoms with E-state index in [1.54, 1.807) is 19.1 Å². The van der Waals surface area contributed by atoms with Gasteiger partial charge in [0, 0.05) is 11.3 Å². The van der Waals surface area contributed by atoms with Crippen LogP contribution in [0.15, 0.2) is 94.8 Å². The summed E-state index contributed by atoms with van der Waals surface area (Å²) in [5, 5.41) is 22.2. The maximum absolute atomic E-state index is 14.4. The molecule has 11 heteroatoms. The molecule has 220 valence electrons. The van der Waals surface area contributed by atoms with Gasteiger partial charge in [0.15, 0.2) is 4.34 Å². The number of esters is 1. The van der Waals surface area contributed by atoms with Crippen molar-refractivity contribution in [2.75, 3.05) is 12.0 Å². The molecule has 6 rings (SSSR count). The number of rotatable bonds is 7. The number of methoxy groups -OCH3 is 1. The molecule has 44 heavy (non-hydrogen) atoms. The maximum Gasteiger partial charge on any atom is 0.337 e. The second-order valence-electron chi connectivity index (χ2n) is 10.0. The van der Waals surface area contributed by atoms with Crippen molar-refractivity contribution in [2.45, 2.75) is 23.1 Å². The van der Waals surface area contributed by atoms with Crippen molar-refractivity contribution >= 4 is 62.4 Å². The van der Waals surface area contributed by atoms with Crippen LogP contribution in [-0.2, 0) is 20.1 Å². The second-order valence-corrected chi connectivity index (χ2v) is 12.2. The molecule has 1 N–H and O–H groups in total. The molecule has 1 saturated heterocycles. The maximum atomic E-state index is 14.4. The number of benzene rings is 4. The minimum Gasteiger partial charge on any atom is -0.507 e. The third kappa shape index (κ3) is 5.36. The fourth-order valence-corrected chi connectivity index (χ4v) is 6.95. The standard InChI is InChI=1S/C33H24FN3O5S2/c1-18-10-11-22(16-25(18)34)28(38)26-27(20-12-14-21(15-13-20)31(41)42-2)37(30(40)29(26)39)32-35-36-33(44-32)43-17-23-8-5-7-19-6-3-4-9-24(19)23/h3-16,27,38H,17H2,1-2H3/b28-26-. The largest absolute Gasteiger partial charge is 0.507 e. The number of aliphatic hydroxyl groups excluding tert-OH is 1. The number of halogens is 1. The van der Waals surface area contributed by atoms with E-state index >= 15 is 0 Å². The summed E-state index contributed by atoms with van der Waals surface area (Å²) in [6.45, 7) is 1.58. The molecule has 1 fully saturated rings. The molecular formula is C33H24FN3O5S2.